The van der Waals surface area contributed by atoms with E-state index in [1.165, 1.54) is 6.07 Å². The first kappa shape index (κ1) is 28.8. The summed E-state index contributed by atoms with van der Waals surface area (Å²) in [6, 6.07) is 9.45. The van der Waals surface area contributed by atoms with Gasteiger partial charge in [-0.15, -0.1) is 5.10 Å². The van der Waals surface area contributed by atoms with Crippen molar-refractivity contribution >= 4 is 17.6 Å². The van der Waals surface area contributed by atoms with E-state index in [-0.39, 0.29) is 29.7 Å². The maximum Gasteiger partial charge on any atom is 0.433 e. The van der Waals surface area contributed by atoms with Gasteiger partial charge >= 0.3 is 6.18 Å². The van der Waals surface area contributed by atoms with Gasteiger partial charge in [0, 0.05) is 69.1 Å². The number of piperidine rings is 1. The number of nitrogens with zero attached hydrogens (tertiary/aromatic N) is 6. The largest absolute Gasteiger partial charge is 0.472 e. The predicted octanol–water partition coefficient (Wildman–Crippen LogP) is 3.66. The smallest absolute Gasteiger partial charge is 0.433 e. The number of likely N-dealkylation sites (tertiary alicyclic amines) is 1. The molecule has 13 heteroatoms. The Balaban J connectivity index is 0.969. The maximum atomic E-state index is 13.1. The lowest BCUT2D eigenvalue weighted by Crippen LogP contribution is -2.61. The molecule has 43 heavy (non-hydrogen) atoms. The lowest BCUT2D eigenvalue weighted by atomic mass is 9.72. The van der Waals surface area contributed by atoms with Crippen molar-refractivity contribution in [2.24, 2.45) is 5.41 Å². The minimum absolute atomic E-state index is 0.0177. The van der Waals surface area contributed by atoms with Crippen LogP contribution in [0, 0.1) is 5.41 Å². The maximum absolute atomic E-state index is 13.1. The van der Waals surface area contributed by atoms with Crippen LogP contribution in [-0.4, -0.2) is 63.1 Å². The van der Waals surface area contributed by atoms with Crippen LogP contribution in [0.2, 0.25) is 0 Å². The number of amides is 2. The molecule has 2 amide bonds. The highest BCUT2D eigenvalue weighted by Crippen LogP contribution is 2.47. The fourth-order valence-corrected chi connectivity index (χ4v) is 5.81. The van der Waals surface area contributed by atoms with Gasteiger partial charge in [0.25, 0.3) is 0 Å². The van der Waals surface area contributed by atoms with Crippen molar-refractivity contribution in [1.29, 1.82) is 0 Å². The van der Waals surface area contributed by atoms with Crippen molar-refractivity contribution in [3.05, 3.63) is 71.3 Å². The summed E-state index contributed by atoms with van der Waals surface area (Å²) in [5.41, 5.74) is 0.467. The van der Waals surface area contributed by atoms with Gasteiger partial charge in [-0.1, -0.05) is 12.1 Å². The standard InChI is InChI=1S/C30H32F3N7O3/c1-20(41)39-12-10-28(11-13-39)18-40(19-28)25-6-3-21(14-35-25)15-36-27(42)29(8-9-29)23-5-7-26(38-37-23)43-17-22-2-4-24(34-16-22)30(31,32)33/h2-7,14,16H,8-13,15,17-19H2,1H3,(H,36,42). The van der Waals surface area contributed by atoms with Crippen LogP contribution in [0.5, 0.6) is 5.88 Å². The minimum atomic E-state index is -4.50. The number of carbonyl (C=O) groups is 2. The van der Waals surface area contributed by atoms with Gasteiger partial charge in [-0.25, -0.2) is 4.98 Å². The molecule has 1 N–H and O–H groups in total. The number of ether oxygens (including phenoxy) is 1. The van der Waals surface area contributed by atoms with Gasteiger partial charge in [-0.3, -0.25) is 14.6 Å². The molecule has 0 aromatic carbocycles. The minimum Gasteiger partial charge on any atom is -0.472 e. The summed E-state index contributed by atoms with van der Waals surface area (Å²) >= 11 is 0. The third-order valence-corrected chi connectivity index (χ3v) is 8.73. The number of anilines is 1. The molecule has 5 heterocycles. The van der Waals surface area contributed by atoms with Crippen LogP contribution in [-0.2, 0) is 34.3 Å². The van der Waals surface area contributed by atoms with E-state index in [1.54, 1.807) is 25.3 Å². The highest BCUT2D eigenvalue weighted by atomic mass is 19.4. The number of nitrogens with one attached hydrogen (secondary N) is 1. The molecule has 226 valence electrons. The monoisotopic (exact) mass is 595 g/mol. The van der Waals surface area contributed by atoms with Gasteiger partial charge in [0.2, 0.25) is 17.7 Å². The summed E-state index contributed by atoms with van der Waals surface area (Å²) in [4.78, 5) is 36.9. The van der Waals surface area contributed by atoms with E-state index in [4.69, 9.17) is 4.74 Å². The van der Waals surface area contributed by atoms with E-state index < -0.39 is 17.3 Å². The first-order valence-corrected chi connectivity index (χ1v) is 14.3. The molecule has 3 aromatic heterocycles. The summed E-state index contributed by atoms with van der Waals surface area (Å²) in [7, 11) is 0. The Bertz CT molecular complexity index is 1460. The molecule has 1 spiro atoms. The van der Waals surface area contributed by atoms with E-state index in [0.717, 1.165) is 62.7 Å². The molecule has 3 fully saturated rings. The van der Waals surface area contributed by atoms with Crippen LogP contribution in [0.4, 0.5) is 19.0 Å². The third kappa shape index (κ3) is 6.11. The second-order valence-corrected chi connectivity index (χ2v) is 11.7. The van der Waals surface area contributed by atoms with Crippen molar-refractivity contribution in [1.82, 2.24) is 30.4 Å². The molecule has 3 aromatic rings. The summed E-state index contributed by atoms with van der Waals surface area (Å²) in [5.74, 6) is 1.13. The third-order valence-electron chi connectivity index (χ3n) is 8.73. The topological polar surface area (TPSA) is 113 Å². The molecule has 0 bridgehead atoms. The Kier molecular flexibility index (Phi) is 7.43. The van der Waals surface area contributed by atoms with E-state index in [0.29, 0.717) is 30.6 Å². The molecular weight excluding hydrogens is 563 g/mol. The Labute approximate surface area is 246 Å². The molecule has 1 aliphatic carbocycles. The number of pyridine rings is 2. The Morgan fingerprint density at radius 1 is 0.930 bits per heavy atom. The van der Waals surface area contributed by atoms with Crippen molar-refractivity contribution in [3.8, 4) is 5.88 Å². The predicted molar refractivity (Wildman–Crippen MR) is 149 cm³/mol. The number of aromatic nitrogens is 4. The molecule has 2 aliphatic heterocycles. The van der Waals surface area contributed by atoms with Crippen molar-refractivity contribution in [2.45, 2.75) is 57.3 Å². The zero-order chi connectivity index (χ0) is 30.2. The molecule has 1 saturated carbocycles. The van der Waals surface area contributed by atoms with E-state index in [1.807, 2.05) is 17.0 Å². The van der Waals surface area contributed by atoms with Crippen LogP contribution >= 0.6 is 0 Å². The Morgan fingerprint density at radius 2 is 1.65 bits per heavy atom. The average Bonchev–Trinajstić information content (AvgIpc) is 3.80. The summed E-state index contributed by atoms with van der Waals surface area (Å²) in [5, 5.41) is 11.3. The SMILES string of the molecule is CC(=O)N1CCC2(CC1)CN(c1ccc(CNC(=O)C3(c4ccc(OCc5ccc(C(F)(F)F)nc5)nn4)CC3)cn1)C2. The number of alkyl halides is 3. The summed E-state index contributed by atoms with van der Waals surface area (Å²) < 4.78 is 43.6. The Hall–Kier alpha value is -4.29. The number of hydrogen-bond acceptors (Lipinski definition) is 8. The molecule has 2 saturated heterocycles. The van der Waals surface area contributed by atoms with Crippen LogP contribution in [0.3, 0.4) is 0 Å². The first-order chi connectivity index (χ1) is 20.6. The van der Waals surface area contributed by atoms with E-state index >= 15 is 0 Å². The number of rotatable bonds is 8. The quantitative estimate of drug-likeness (QED) is 0.420. The second kappa shape index (κ2) is 11.1. The summed E-state index contributed by atoms with van der Waals surface area (Å²) in [6.07, 6.45) is 1.76. The zero-order valence-electron chi connectivity index (χ0n) is 23.7. The average molecular weight is 596 g/mol. The lowest BCUT2D eigenvalue weighted by Gasteiger charge is -2.54. The van der Waals surface area contributed by atoms with E-state index in [9.17, 15) is 22.8 Å². The van der Waals surface area contributed by atoms with Crippen LogP contribution in [0.25, 0.3) is 0 Å². The number of hydrogen-bond donors (Lipinski definition) is 1. The van der Waals surface area contributed by atoms with Crippen molar-refractivity contribution in [3.63, 3.8) is 0 Å². The van der Waals surface area contributed by atoms with Gasteiger partial charge in [0.05, 0.1) is 11.1 Å². The number of halogens is 3. The molecule has 0 radical (unpaired) electrons. The van der Waals surface area contributed by atoms with Gasteiger partial charge < -0.3 is 19.9 Å². The summed E-state index contributed by atoms with van der Waals surface area (Å²) in [6.45, 7) is 5.49. The molecule has 10 nitrogen and oxygen atoms in total. The molecule has 3 aliphatic rings. The van der Waals surface area contributed by atoms with Crippen molar-refractivity contribution in [2.75, 3.05) is 31.1 Å². The fraction of sp³-hybridized carbons (Fsp3) is 0.467. The normalized spacial score (nSPS) is 18.6. The molecule has 6 rings (SSSR count). The van der Waals surface area contributed by atoms with Gasteiger partial charge in [-0.2, -0.15) is 18.3 Å². The molecule has 0 atom stereocenters. The highest BCUT2D eigenvalue weighted by Gasteiger charge is 2.53. The van der Waals surface area contributed by atoms with Gasteiger partial charge in [-0.05, 0) is 49.4 Å². The fourth-order valence-electron chi connectivity index (χ4n) is 5.81. The number of carbonyl (C=O) groups excluding carboxylic acids is 2. The first-order valence-electron chi connectivity index (χ1n) is 14.3. The van der Waals surface area contributed by atoms with E-state index in [2.05, 4.69) is 30.4 Å². The van der Waals surface area contributed by atoms with Crippen LogP contribution in [0.1, 0.15) is 55.1 Å². The lowest BCUT2D eigenvalue weighted by molar-refractivity contribution is -0.141. The molecular formula is C30H32F3N7O3. The van der Waals surface area contributed by atoms with Crippen molar-refractivity contribution < 1.29 is 27.5 Å². The van der Waals surface area contributed by atoms with Crippen LogP contribution in [0.15, 0.2) is 48.8 Å². The highest BCUT2D eigenvalue weighted by molar-refractivity contribution is 5.90. The van der Waals surface area contributed by atoms with Gasteiger partial charge in [0.15, 0.2) is 0 Å². The van der Waals surface area contributed by atoms with Crippen LogP contribution < -0.4 is 15.0 Å². The second-order valence-electron chi connectivity index (χ2n) is 11.7. The molecule has 0 unspecified atom stereocenters. The zero-order valence-corrected chi connectivity index (χ0v) is 23.7. The van der Waals surface area contributed by atoms with Gasteiger partial charge in [0.1, 0.15) is 18.1 Å². The Morgan fingerprint density at radius 3 is 2.21 bits per heavy atom.